The number of rotatable bonds is 9. The first-order valence-electron chi connectivity index (χ1n) is 10.7. The van der Waals surface area contributed by atoms with Gasteiger partial charge < -0.3 is 19.4 Å². The molecule has 0 atom stereocenters. The van der Waals surface area contributed by atoms with Crippen molar-refractivity contribution in [1.29, 1.82) is 0 Å². The molecule has 0 radical (unpaired) electrons. The summed E-state index contributed by atoms with van der Waals surface area (Å²) in [4.78, 5) is 41.2. The van der Waals surface area contributed by atoms with Gasteiger partial charge in [-0.25, -0.2) is 4.98 Å². The number of hydrazine groups is 1. The van der Waals surface area contributed by atoms with E-state index in [-0.39, 0.29) is 17.8 Å². The summed E-state index contributed by atoms with van der Waals surface area (Å²) in [5, 5.41) is 3.51. The summed E-state index contributed by atoms with van der Waals surface area (Å²) in [5.74, 6) is -0.0777. The fourth-order valence-corrected chi connectivity index (χ4v) is 3.67. The van der Waals surface area contributed by atoms with Gasteiger partial charge in [-0.05, 0) is 56.3 Å². The molecule has 3 rings (SSSR count). The number of nitrogens with zero attached hydrogens (tertiary/aromatic N) is 2. The van der Waals surface area contributed by atoms with Crippen LogP contribution in [0.1, 0.15) is 34.6 Å². The lowest BCUT2D eigenvalue weighted by atomic mass is 10.2. The molecule has 0 aliphatic carbocycles. The average Bonchev–Trinajstić information content (AvgIpc) is 3.26. The van der Waals surface area contributed by atoms with Crippen LogP contribution < -0.4 is 25.6 Å². The molecule has 0 saturated heterocycles. The van der Waals surface area contributed by atoms with Gasteiger partial charge in [0.05, 0.1) is 19.0 Å². The molecular weight excluding hydrogens is 470 g/mol. The maximum atomic E-state index is 12.4. The van der Waals surface area contributed by atoms with Gasteiger partial charge >= 0.3 is 0 Å². The third kappa shape index (κ3) is 7.24. The van der Waals surface area contributed by atoms with Crippen LogP contribution in [0.3, 0.4) is 0 Å². The number of aryl methyl sites for hydroxylation is 1. The molecule has 0 aliphatic rings. The molecular formula is C24H27N5O5S. The Morgan fingerprint density at radius 2 is 1.66 bits per heavy atom. The first-order valence-corrected chi connectivity index (χ1v) is 11.7. The van der Waals surface area contributed by atoms with E-state index in [9.17, 15) is 14.4 Å². The van der Waals surface area contributed by atoms with Crippen molar-refractivity contribution in [2.45, 2.75) is 25.1 Å². The fourth-order valence-electron chi connectivity index (χ4n) is 2.94. The van der Waals surface area contributed by atoms with Crippen LogP contribution in [0.4, 0.5) is 5.69 Å². The van der Waals surface area contributed by atoms with Crippen LogP contribution in [0, 0.1) is 0 Å². The SMILES string of the molecule is COc1cc(C(=O)NNC(=O)c2ccc(NC(=O)CSc3nccn3C)cc2)ccc1OC(C)C. The fraction of sp³-hybridized carbons (Fsp3) is 0.250. The van der Waals surface area contributed by atoms with Crippen LogP contribution in [0.25, 0.3) is 0 Å². The van der Waals surface area contributed by atoms with E-state index < -0.39 is 11.8 Å². The molecule has 3 N–H and O–H groups in total. The summed E-state index contributed by atoms with van der Waals surface area (Å²) in [6, 6.07) is 11.1. The summed E-state index contributed by atoms with van der Waals surface area (Å²) in [7, 11) is 3.34. The van der Waals surface area contributed by atoms with E-state index >= 15 is 0 Å². The molecule has 0 unspecified atom stereocenters. The third-order valence-electron chi connectivity index (χ3n) is 4.62. The summed E-state index contributed by atoms with van der Waals surface area (Å²) in [6.07, 6.45) is 3.43. The van der Waals surface area contributed by atoms with Crippen molar-refractivity contribution in [3.05, 3.63) is 66.0 Å². The lowest BCUT2D eigenvalue weighted by molar-refractivity contribution is -0.113. The van der Waals surface area contributed by atoms with Crippen molar-refractivity contribution in [3.63, 3.8) is 0 Å². The number of methoxy groups -OCH3 is 1. The molecule has 184 valence electrons. The summed E-state index contributed by atoms with van der Waals surface area (Å²) >= 11 is 1.32. The second-order valence-electron chi connectivity index (χ2n) is 7.68. The summed E-state index contributed by atoms with van der Waals surface area (Å²) in [5.41, 5.74) is 5.90. The highest BCUT2D eigenvalue weighted by Crippen LogP contribution is 2.29. The molecule has 35 heavy (non-hydrogen) atoms. The molecule has 2 aromatic carbocycles. The predicted octanol–water partition coefficient (Wildman–Crippen LogP) is 3.02. The van der Waals surface area contributed by atoms with Crippen LogP contribution in [-0.4, -0.2) is 46.2 Å². The van der Waals surface area contributed by atoms with Crippen molar-refractivity contribution >= 4 is 35.2 Å². The molecule has 10 nitrogen and oxygen atoms in total. The first-order chi connectivity index (χ1) is 16.8. The Labute approximate surface area is 207 Å². The zero-order chi connectivity index (χ0) is 25.4. The molecule has 1 heterocycles. The highest BCUT2D eigenvalue weighted by molar-refractivity contribution is 7.99. The number of carbonyl (C=O) groups is 3. The molecule has 0 fully saturated rings. The number of amides is 3. The van der Waals surface area contributed by atoms with Gasteiger partial charge in [-0.1, -0.05) is 11.8 Å². The Hall–Kier alpha value is -3.99. The smallest absolute Gasteiger partial charge is 0.269 e. The van der Waals surface area contributed by atoms with Gasteiger partial charge in [0.1, 0.15) is 0 Å². The number of hydrogen-bond acceptors (Lipinski definition) is 7. The van der Waals surface area contributed by atoms with Gasteiger partial charge in [0.2, 0.25) is 5.91 Å². The predicted molar refractivity (Wildman–Crippen MR) is 133 cm³/mol. The number of imidazole rings is 1. The van der Waals surface area contributed by atoms with Crippen molar-refractivity contribution in [2.75, 3.05) is 18.2 Å². The molecule has 0 spiro atoms. The molecule has 3 aromatic rings. The number of nitrogens with one attached hydrogen (secondary N) is 3. The molecule has 1 aromatic heterocycles. The van der Waals surface area contributed by atoms with Gasteiger partial charge in [-0.2, -0.15) is 0 Å². The summed E-state index contributed by atoms with van der Waals surface area (Å²) < 4.78 is 12.8. The van der Waals surface area contributed by atoms with E-state index in [0.717, 1.165) is 5.16 Å². The maximum Gasteiger partial charge on any atom is 0.269 e. The Kier molecular flexibility index (Phi) is 8.74. The van der Waals surface area contributed by atoms with E-state index in [0.29, 0.717) is 28.3 Å². The van der Waals surface area contributed by atoms with Gasteiger partial charge in [0.25, 0.3) is 11.8 Å². The number of hydrogen-bond donors (Lipinski definition) is 3. The van der Waals surface area contributed by atoms with Crippen LogP contribution in [0.15, 0.2) is 60.0 Å². The van der Waals surface area contributed by atoms with Crippen molar-refractivity contribution < 1.29 is 23.9 Å². The largest absolute Gasteiger partial charge is 0.493 e. The Morgan fingerprint density at radius 3 is 2.26 bits per heavy atom. The number of aromatic nitrogens is 2. The van der Waals surface area contributed by atoms with E-state index in [2.05, 4.69) is 21.2 Å². The topological polar surface area (TPSA) is 124 Å². The zero-order valence-corrected chi connectivity index (χ0v) is 20.6. The van der Waals surface area contributed by atoms with Gasteiger partial charge in [0, 0.05) is 36.3 Å². The molecule has 0 bridgehead atoms. The molecule has 3 amide bonds. The van der Waals surface area contributed by atoms with Crippen LogP contribution >= 0.6 is 11.8 Å². The molecule has 11 heteroatoms. The highest BCUT2D eigenvalue weighted by Gasteiger charge is 2.14. The minimum Gasteiger partial charge on any atom is -0.493 e. The Balaban J connectivity index is 1.50. The lowest BCUT2D eigenvalue weighted by Crippen LogP contribution is -2.41. The van der Waals surface area contributed by atoms with Crippen molar-refractivity contribution in [2.24, 2.45) is 7.05 Å². The van der Waals surface area contributed by atoms with Crippen molar-refractivity contribution in [3.8, 4) is 11.5 Å². The second-order valence-corrected chi connectivity index (χ2v) is 8.62. The maximum absolute atomic E-state index is 12.4. The van der Waals surface area contributed by atoms with E-state index in [1.165, 1.54) is 24.9 Å². The quantitative estimate of drug-likeness (QED) is 0.307. The monoisotopic (exact) mass is 497 g/mol. The number of carbonyl (C=O) groups excluding carboxylic acids is 3. The third-order valence-corrected chi connectivity index (χ3v) is 5.68. The van der Waals surface area contributed by atoms with E-state index in [1.807, 2.05) is 31.7 Å². The van der Waals surface area contributed by atoms with Crippen LogP contribution in [0.5, 0.6) is 11.5 Å². The van der Waals surface area contributed by atoms with Crippen molar-refractivity contribution in [1.82, 2.24) is 20.4 Å². The number of ether oxygens (including phenoxy) is 2. The number of benzene rings is 2. The minimum atomic E-state index is -0.512. The Bertz CT molecular complexity index is 1190. The second kappa shape index (κ2) is 11.9. The minimum absolute atomic E-state index is 0.0482. The highest BCUT2D eigenvalue weighted by atomic mass is 32.2. The van der Waals surface area contributed by atoms with Crippen LogP contribution in [-0.2, 0) is 11.8 Å². The van der Waals surface area contributed by atoms with Gasteiger partial charge in [0.15, 0.2) is 16.7 Å². The summed E-state index contributed by atoms with van der Waals surface area (Å²) in [6.45, 7) is 3.78. The lowest BCUT2D eigenvalue weighted by Gasteiger charge is -2.14. The zero-order valence-electron chi connectivity index (χ0n) is 19.8. The van der Waals surface area contributed by atoms with Gasteiger partial charge in [-0.3, -0.25) is 25.2 Å². The van der Waals surface area contributed by atoms with Crippen LogP contribution in [0.2, 0.25) is 0 Å². The number of anilines is 1. The normalized spacial score (nSPS) is 10.5. The first kappa shape index (κ1) is 25.6. The van der Waals surface area contributed by atoms with Gasteiger partial charge in [-0.15, -0.1) is 0 Å². The Morgan fingerprint density at radius 1 is 1.00 bits per heavy atom. The van der Waals surface area contributed by atoms with E-state index in [1.54, 1.807) is 42.6 Å². The average molecular weight is 498 g/mol. The van der Waals surface area contributed by atoms with E-state index in [4.69, 9.17) is 9.47 Å². The number of thioether (sulfide) groups is 1. The standard InChI is InChI=1S/C24H27N5O5S/c1-15(2)34-19-10-7-17(13-20(19)33-4)23(32)28-27-22(31)16-5-8-18(9-6-16)26-21(30)14-35-24-25-11-12-29(24)3/h5-13,15H,14H2,1-4H3,(H,26,30)(H,27,31)(H,28,32). The molecule has 0 aliphatic heterocycles. The molecule has 0 saturated carbocycles.